The first kappa shape index (κ1) is 11.3. The van der Waals surface area contributed by atoms with Gasteiger partial charge in [-0.25, -0.2) is 0 Å². The van der Waals surface area contributed by atoms with Gasteiger partial charge in [-0.2, -0.15) is 0 Å². The second-order valence-electron chi connectivity index (χ2n) is 4.50. The fourth-order valence-corrected chi connectivity index (χ4v) is 2.37. The fraction of sp³-hybridized carbons (Fsp3) is 0.357. The topological polar surface area (TPSA) is 32.8 Å². The molecule has 4 heteroatoms. The van der Waals surface area contributed by atoms with E-state index in [-0.39, 0.29) is 5.91 Å². The van der Waals surface area contributed by atoms with Gasteiger partial charge in [0.1, 0.15) is 0 Å². The third kappa shape index (κ3) is 2.11. The first-order valence-electron chi connectivity index (χ1n) is 6.24. The van der Waals surface area contributed by atoms with Crippen molar-refractivity contribution in [1.82, 2.24) is 4.90 Å². The van der Waals surface area contributed by atoms with Gasteiger partial charge in [0, 0.05) is 30.5 Å². The minimum atomic E-state index is 0.0719. The minimum absolute atomic E-state index is 0.0719. The number of para-hydroxylation sites is 1. The maximum atomic E-state index is 12.0. The molecule has 0 atom stereocenters. The van der Waals surface area contributed by atoms with E-state index >= 15 is 0 Å². The van der Waals surface area contributed by atoms with Gasteiger partial charge in [-0.05, 0) is 12.1 Å². The predicted octanol–water partition coefficient (Wildman–Crippen LogP) is 1.25. The molecule has 0 spiro atoms. The van der Waals surface area contributed by atoms with Crippen molar-refractivity contribution < 1.29 is 9.53 Å². The number of carbonyl (C=O) groups excluding carboxylic acids is 1. The predicted molar refractivity (Wildman–Crippen MR) is 69.3 cm³/mol. The van der Waals surface area contributed by atoms with Gasteiger partial charge in [0.2, 0.25) is 0 Å². The molecule has 1 aromatic carbocycles. The summed E-state index contributed by atoms with van der Waals surface area (Å²) in [5.74, 6) is 0.0719. The molecule has 0 unspecified atom stereocenters. The van der Waals surface area contributed by atoms with Crippen LogP contribution in [0.2, 0.25) is 0 Å². The number of carbonyl (C=O) groups is 1. The van der Waals surface area contributed by atoms with E-state index < -0.39 is 0 Å². The molecule has 1 saturated heterocycles. The number of rotatable bonds is 2. The lowest BCUT2D eigenvalue weighted by molar-refractivity contribution is -0.113. The summed E-state index contributed by atoms with van der Waals surface area (Å²) in [6.45, 7) is 3.92. The highest BCUT2D eigenvalue weighted by Gasteiger charge is 2.26. The molecule has 2 aliphatic heterocycles. The van der Waals surface area contributed by atoms with Crippen LogP contribution >= 0.6 is 0 Å². The molecule has 0 saturated carbocycles. The number of nitrogens with zero attached hydrogens (tertiary/aromatic N) is 2. The van der Waals surface area contributed by atoms with E-state index in [9.17, 15) is 4.79 Å². The number of morpholine rings is 1. The average Bonchev–Trinajstić information content (AvgIpc) is 2.83. The SMILES string of the molecule is O=C1C=C(N2CCOCC2)CN1c1ccccc1. The Labute approximate surface area is 106 Å². The molecular formula is C14H16N2O2. The molecule has 18 heavy (non-hydrogen) atoms. The maximum absolute atomic E-state index is 12.0. The van der Waals surface area contributed by atoms with E-state index in [1.165, 1.54) is 0 Å². The van der Waals surface area contributed by atoms with Gasteiger partial charge in [0.25, 0.3) is 5.91 Å². The third-order valence-corrected chi connectivity index (χ3v) is 3.36. The average molecular weight is 244 g/mol. The van der Waals surface area contributed by atoms with E-state index in [1.807, 2.05) is 35.2 Å². The molecule has 1 amide bonds. The van der Waals surface area contributed by atoms with E-state index in [1.54, 1.807) is 6.08 Å². The van der Waals surface area contributed by atoms with E-state index in [0.717, 1.165) is 37.7 Å². The number of hydrogen-bond donors (Lipinski definition) is 0. The van der Waals surface area contributed by atoms with Crippen LogP contribution in [-0.4, -0.2) is 43.7 Å². The molecule has 2 heterocycles. The number of benzene rings is 1. The molecule has 1 aromatic rings. The van der Waals surface area contributed by atoms with Crippen LogP contribution in [0.4, 0.5) is 5.69 Å². The number of ether oxygens (including phenoxy) is 1. The Bertz CT molecular complexity index is 464. The Morgan fingerprint density at radius 3 is 2.50 bits per heavy atom. The summed E-state index contributed by atoms with van der Waals surface area (Å²) >= 11 is 0. The summed E-state index contributed by atoms with van der Waals surface area (Å²) in [7, 11) is 0. The molecule has 94 valence electrons. The van der Waals surface area contributed by atoms with Crippen LogP contribution < -0.4 is 4.90 Å². The van der Waals surface area contributed by atoms with Crippen molar-refractivity contribution in [2.24, 2.45) is 0 Å². The highest BCUT2D eigenvalue weighted by molar-refractivity contribution is 6.04. The van der Waals surface area contributed by atoms with Gasteiger partial charge in [0.15, 0.2) is 0 Å². The smallest absolute Gasteiger partial charge is 0.253 e. The van der Waals surface area contributed by atoms with Crippen molar-refractivity contribution in [3.05, 3.63) is 42.1 Å². The normalized spacial score (nSPS) is 20.2. The van der Waals surface area contributed by atoms with E-state index in [2.05, 4.69) is 4.90 Å². The quantitative estimate of drug-likeness (QED) is 0.785. The van der Waals surface area contributed by atoms with Crippen LogP contribution in [0.25, 0.3) is 0 Å². The molecule has 0 N–H and O–H groups in total. The van der Waals surface area contributed by atoms with Crippen LogP contribution in [0.3, 0.4) is 0 Å². The zero-order valence-corrected chi connectivity index (χ0v) is 10.2. The molecule has 3 rings (SSSR count). The van der Waals surface area contributed by atoms with Gasteiger partial charge in [0.05, 0.1) is 19.8 Å². The third-order valence-electron chi connectivity index (χ3n) is 3.36. The molecule has 4 nitrogen and oxygen atoms in total. The molecule has 0 bridgehead atoms. The molecule has 0 radical (unpaired) electrons. The summed E-state index contributed by atoms with van der Waals surface area (Å²) < 4.78 is 5.33. The fourth-order valence-electron chi connectivity index (χ4n) is 2.37. The van der Waals surface area contributed by atoms with Crippen molar-refractivity contribution in [1.29, 1.82) is 0 Å². The molecular weight excluding hydrogens is 228 g/mol. The van der Waals surface area contributed by atoms with Crippen LogP contribution in [-0.2, 0) is 9.53 Å². The van der Waals surface area contributed by atoms with Crippen LogP contribution in [0.5, 0.6) is 0 Å². The Kier molecular flexibility index (Phi) is 3.02. The Hall–Kier alpha value is -1.81. The van der Waals surface area contributed by atoms with Gasteiger partial charge in [-0.15, -0.1) is 0 Å². The monoisotopic (exact) mass is 244 g/mol. The van der Waals surface area contributed by atoms with Crippen LogP contribution in [0, 0.1) is 0 Å². The lowest BCUT2D eigenvalue weighted by atomic mass is 10.3. The summed E-state index contributed by atoms with van der Waals surface area (Å²) in [4.78, 5) is 16.1. The molecule has 0 aromatic heterocycles. The lowest BCUT2D eigenvalue weighted by Gasteiger charge is -2.30. The van der Waals surface area contributed by atoms with E-state index in [4.69, 9.17) is 4.74 Å². The van der Waals surface area contributed by atoms with Gasteiger partial charge in [-0.1, -0.05) is 18.2 Å². The maximum Gasteiger partial charge on any atom is 0.253 e. The summed E-state index contributed by atoms with van der Waals surface area (Å²) in [5.41, 5.74) is 2.06. The van der Waals surface area contributed by atoms with Crippen LogP contribution in [0.15, 0.2) is 42.1 Å². The summed E-state index contributed by atoms with van der Waals surface area (Å²) in [5, 5.41) is 0. The van der Waals surface area contributed by atoms with Gasteiger partial charge in [-0.3, -0.25) is 4.79 Å². The van der Waals surface area contributed by atoms with Crippen molar-refractivity contribution in [3.8, 4) is 0 Å². The minimum Gasteiger partial charge on any atom is -0.378 e. The summed E-state index contributed by atoms with van der Waals surface area (Å²) in [6, 6.07) is 9.80. The summed E-state index contributed by atoms with van der Waals surface area (Å²) in [6.07, 6.45) is 1.75. The number of amides is 1. The highest BCUT2D eigenvalue weighted by Crippen LogP contribution is 2.22. The molecule has 0 aliphatic carbocycles. The largest absolute Gasteiger partial charge is 0.378 e. The standard InChI is InChI=1S/C14H16N2O2/c17-14-10-13(15-6-8-18-9-7-15)11-16(14)12-4-2-1-3-5-12/h1-5,10H,6-9,11H2. The first-order chi connectivity index (χ1) is 8.84. The van der Waals surface area contributed by atoms with Gasteiger partial charge < -0.3 is 14.5 Å². The van der Waals surface area contributed by atoms with E-state index in [0.29, 0.717) is 6.54 Å². The van der Waals surface area contributed by atoms with Crippen molar-refractivity contribution in [2.45, 2.75) is 0 Å². The Morgan fingerprint density at radius 1 is 1.06 bits per heavy atom. The highest BCUT2D eigenvalue weighted by atomic mass is 16.5. The van der Waals surface area contributed by atoms with Crippen molar-refractivity contribution >= 4 is 11.6 Å². The van der Waals surface area contributed by atoms with Crippen LogP contribution in [0.1, 0.15) is 0 Å². The zero-order chi connectivity index (χ0) is 12.4. The number of hydrogen-bond acceptors (Lipinski definition) is 3. The lowest BCUT2D eigenvalue weighted by Crippen LogP contribution is -2.37. The Morgan fingerprint density at radius 2 is 1.78 bits per heavy atom. The Balaban J connectivity index is 1.74. The second kappa shape index (κ2) is 4.82. The van der Waals surface area contributed by atoms with Crippen molar-refractivity contribution in [3.63, 3.8) is 0 Å². The first-order valence-corrected chi connectivity index (χ1v) is 6.24. The molecule has 1 fully saturated rings. The van der Waals surface area contributed by atoms with Crippen molar-refractivity contribution in [2.75, 3.05) is 37.7 Å². The molecule has 2 aliphatic rings. The second-order valence-corrected chi connectivity index (χ2v) is 4.50. The number of anilines is 1. The zero-order valence-electron chi connectivity index (χ0n) is 10.2. The van der Waals surface area contributed by atoms with Gasteiger partial charge >= 0.3 is 0 Å².